The third kappa shape index (κ3) is 4.52. The second-order valence-corrected chi connectivity index (χ2v) is 4.24. The molecule has 1 N–H and O–H groups in total. The molecule has 5 nitrogen and oxygen atoms in total. The minimum Gasteiger partial charge on any atom is -0.469 e. The molecule has 0 radical (unpaired) electrons. The lowest BCUT2D eigenvalue weighted by molar-refractivity contribution is -0.141. The van der Waals surface area contributed by atoms with Crippen LogP contribution in [0.1, 0.15) is 18.5 Å². The van der Waals surface area contributed by atoms with Crippen LogP contribution in [0.15, 0.2) is 16.6 Å². The summed E-state index contributed by atoms with van der Waals surface area (Å²) in [5.41, 5.74) is 0.788. The Labute approximate surface area is 108 Å². The fourth-order valence-electron chi connectivity index (χ4n) is 1.14. The normalized spacial score (nSPS) is 9.82. The number of halogens is 1. The van der Waals surface area contributed by atoms with Crippen molar-refractivity contribution in [3.05, 3.63) is 22.3 Å². The summed E-state index contributed by atoms with van der Waals surface area (Å²) in [6.45, 7) is 1.83. The Hall–Kier alpha value is -1.43. The molecule has 17 heavy (non-hydrogen) atoms. The Morgan fingerprint density at radius 3 is 2.71 bits per heavy atom. The van der Waals surface area contributed by atoms with Crippen molar-refractivity contribution in [3.8, 4) is 0 Å². The Morgan fingerprint density at radius 2 is 2.12 bits per heavy atom. The molecule has 1 amide bonds. The second-order valence-electron chi connectivity index (χ2n) is 3.39. The van der Waals surface area contributed by atoms with E-state index in [1.807, 2.05) is 6.92 Å². The summed E-state index contributed by atoms with van der Waals surface area (Å²) in [5, 5.41) is 2.61. The van der Waals surface area contributed by atoms with E-state index in [1.165, 1.54) is 7.11 Å². The van der Waals surface area contributed by atoms with Gasteiger partial charge in [0.25, 0.3) is 0 Å². The summed E-state index contributed by atoms with van der Waals surface area (Å²) in [6, 6.07) is 3.49. The number of hydrogen-bond acceptors (Lipinski definition) is 4. The van der Waals surface area contributed by atoms with Gasteiger partial charge in [-0.05, 0) is 35.0 Å². The highest BCUT2D eigenvalue weighted by Crippen LogP contribution is 2.16. The van der Waals surface area contributed by atoms with Crippen molar-refractivity contribution in [2.24, 2.45) is 0 Å². The van der Waals surface area contributed by atoms with E-state index in [4.69, 9.17) is 0 Å². The molecule has 0 spiro atoms. The van der Waals surface area contributed by atoms with Gasteiger partial charge in [-0.1, -0.05) is 0 Å². The van der Waals surface area contributed by atoms with Crippen LogP contribution >= 0.6 is 15.9 Å². The van der Waals surface area contributed by atoms with Gasteiger partial charge < -0.3 is 10.1 Å². The number of rotatable bonds is 4. The Kier molecular flexibility index (Phi) is 5.09. The van der Waals surface area contributed by atoms with Crippen LogP contribution in [0.5, 0.6) is 0 Å². The summed E-state index contributed by atoms with van der Waals surface area (Å²) >= 11 is 3.32. The number of aromatic nitrogens is 1. The molecule has 0 bridgehead atoms. The molecule has 0 saturated carbocycles. The van der Waals surface area contributed by atoms with Crippen LogP contribution in [0.4, 0.5) is 5.82 Å². The first-order valence-corrected chi connectivity index (χ1v) is 5.82. The summed E-state index contributed by atoms with van der Waals surface area (Å²) in [5.74, 6) is -0.190. The van der Waals surface area contributed by atoms with Gasteiger partial charge in [0, 0.05) is 10.9 Å². The molecule has 0 aliphatic heterocycles. The van der Waals surface area contributed by atoms with E-state index >= 15 is 0 Å². The van der Waals surface area contributed by atoms with E-state index in [9.17, 15) is 9.59 Å². The number of anilines is 1. The highest BCUT2D eigenvalue weighted by molar-refractivity contribution is 9.10. The predicted octanol–water partition coefficient (Wildman–Crippen LogP) is 2.04. The first kappa shape index (κ1) is 13.6. The zero-order chi connectivity index (χ0) is 12.8. The molecule has 0 atom stereocenters. The molecule has 0 aromatic carbocycles. The fourth-order valence-corrected chi connectivity index (χ4v) is 1.36. The number of carbonyl (C=O) groups is 2. The van der Waals surface area contributed by atoms with Gasteiger partial charge in [-0.3, -0.25) is 9.59 Å². The lowest BCUT2D eigenvalue weighted by Gasteiger charge is -2.05. The monoisotopic (exact) mass is 300 g/mol. The highest BCUT2D eigenvalue weighted by atomic mass is 79.9. The quantitative estimate of drug-likeness (QED) is 0.864. The zero-order valence-corrected chi connectivity index (χ0v) is 11.2. The van der Waals surface area contributed by atoms with Crippen LogP contribution < -0.4 is 5.32 Å². The first-order valence-electron chi connectivity index (χ1n) is 5.02. The van der Waals surface area contributed by atoms with Crippen molar-refractivity contribution in [1.82, 2.24) is 4.98 Å². The van der Waals surface area contributed by atoms with E-state index in [0.717, 1.165) is 10.2 Å². The maximum absolute atomic E-state index is 11.5. The SMILES string of the molecule is COC(=O)CCC(=O)Nc1ccc(Br)c(C)n1. The largest absolute Gasteiger partial charge is 0.469 e. The third-order valence-electron chi connectivity index (χ3n) is 2.07. The van der Waals surface area contributed by atoms with E-state index in [1.54, 1.807) is 12.1 Å². The number of aryl methyl sites for hydroxylation is 1. The molecule has 1 heterocycles. The van der Waals surface area contributed by atoms with Gasteiger partial charge >= 0.3 is 5.97 Å². The Bertz CT molecular complexity index is 435. The number of nitrogens with one attached hydrogen (secondary N) is 1. The third-order valence-corrected chi connectivity index (χ3v) is 2.91. The van der Waals surface area contributed by atoms with Crippen LogP contribution in [0.3, 0.4) is 0 Å². The van der Waals surface area contributed by atoms with Crippen LogP contribution in [0.2, 0.25) is 0 Å². The second kappa shape index (κ2) is 6.34. The molecular weight excluding hydrogens is 288 g/mol. The number of amides is 1. The molecule has 6 heteroatoms. The van der Waals surface area contributed by atoms with Gasteiger partial charge in [0.1, 0.15) is 5.82 Å². The minimum absolute atomic E-state index is 0.0673. The average Bonchev–Trinajstić information content (AvgIpc) is 2.31. The van der Waals surface area contributed by atoms with Gasteiger partial charge in [-0.2, -0.15) is 0 Å². The molecule has 0 fully saturated rings. The van der Waals surface area contributed by atoms with E-state index < -0.39 is 5.97 Å². The summed E-state index contributed by atoms with van der Waals surface area (Å²) in [7, 11) is 1.29. The first-order chi connectivity index (χ1) is 8.02. The molecule has 1 rings (SSSR count). The van der Waals surface area contributed by atoms with Crippen LogP contribution in [0, 0.1) is 6.92 Å². The van der Waals surface area contributed by atoms with Gasteiger partial charge in [-0.15, -0.1) is 0 Å². The van der Waals surface area contributed by atoms with Crippen LogP contribution in [0.25, 0.3) is 0 Å². The maximum atomic E-state index is 11.5. The Morgan fingerprint density at radius 1 is 1.41 bits per heavy atom. The predicted molar refractivity (Wildman–Crippen MR) is 66.6 cm³/mol. The lowest BCUT2D eigenvalue weighted by Crippen LogP contribution is -2.15. The van der Waals surface area contributed by atoms with Crippen LogP contribution in [-0.2, 0) is 14.3 Å². The van der Waals surface area contributed by atoms with Crippen LogP contribution in [-0.4, -0.2) is 24.0 Å². The van der Waals surface area contributed by atoms with Crippen molar-refractivity contribution in [2.45, 2.75) is 19.8 Å². The fraction of sp³-hybridized carbons (Fsp3) is 0.364. The highest BCUT2D eigenvalue weighted by Gasteiger charge is 2.08. The molecule has 1 aromatic rings. The minimum atomic E-state index is -0.403. The topological polar surface area (TPSA) is 68.3 Å². The Balaban J connectivity index is 2.50. The standard InChI is InChI=1S/C11H13BrN2O3/c1-7-8(12)3-4-9(13-7)14-10(15)5-6-11(16)17-2/h3-4H,5-6H2,1-2H3,(H,13,14,15). The van der Waals surface area contributed by atoms with E-state index in [-0.39, 0.29) is 18.7 Å². The number of hydrogen-bond donors (Lipinski definition) is 1. The smallest absolute Gasteiger partial charge is 0.306 e. The van der Waals surface area contributed by atoms with E-state index in [2.05, 4.69) is 31.0 Å². The lowest BCUT2D eigenvalue weighted by atomic mass is 10.3. The average molecular weight is 301 g/mol. The molecule has 92 valence electrons. The van der Waals surface area contributed by atoms with Crippen molar-refractivity contribution < 1.29 is 14.3 Å². The van der Waals surface area contributed by atoms with Crippen molar-refractivity contribution >= 4 is 33.6 Å². The molecule has 0 aliphatic rings. The summed E-state index contributed by atoms with van der Waals surface area (Å²) in [4.78, 5) is 26.5. The molecule has 0 aliphatic carbocycles. The number of ether oxygens (including phenoxy) is 1. The summed E-state index contributed by atoms with van der Waals surface area (Å²) in [6.07, 6.45) is 0.154. The van der Waals surface area contributed by atoms with Crippen molar-refractivity contribution in [1.29, 1.82) is 0 Å². The molecular formula is C11H13BrN2O3. The molecule has 1 aromatic heterocycles. The number of nitrogens with zero attached hydrogens (tertiary/aromatic N) is 1. The van der Waals surface area contributed by atoms with Gasteiger partial charge in [0.05, 0.1) is 19.2 Å². The van der Waals surface area contributed by atoms with Gasteiger partial charge in [-0.25, -0.2) is 4.98 Å². The van der Waals surface area contributed by atoms with Crippen molar-refractivity contribution in [3.63, 3.8) is 0 Å². The zero-order valence-electron chi connectivity index (χ0n) is 9.62. The number of esters is 1. The number of carbonyl (C=O) groups excluding carboxylic acids is 2. The summed E-state index contributed by atoms with van der Waals surface area (Å²) < 4.78 is 5.32. The van der Waals surface area contributed by atoms with Gasteiger partial charge in [0.15, 0.2) is 0 Å². The van der Waals surface area contributed by atoms with Crippen molar-refractivity contribution in [2.75, 3.05) is 12.4 Å². The number of pyridine rings is 1. The maximum Gasteiger partial charge on any atom is 0.306 e. The number of methoxy groups -OCH3 is 1. The van der Waals surface area contributed by atoms with E-state index in [0.29, 0.717) is 5.82 Å². The molecule has 0 unspecified atom stereocenters. The molecule has 0 saturated heterocycles. The van der Waals surface area contributed by atoms with Gasteiger partial charge in [0.2, 0.25) is 5.91 Å².